The van der Waals surface area contributed by atoms with Crippen molar-refractivity contribution in [3.8, 4) is 5.69 Å². The molecule has 1 aromatic heterocycles. The van der Waals surface area contributed by atoms with Crippen LogP contribution in [0.25, 0.3) is 5.69 Å². The number of aromatic nitrogens is 2. The molecule has 0 unspecified atom stereocenters. The molecule has 0 saturated heterocycles. The molecule has 5 heteroatoms. The Bertz CT molecular complexity index is 717. The number of carboxylic acid groups (broad SMARTS) is 1. The van der Waals surface area contributed by atoms with Crippen LogP contribution < -0.4 is 5.43 Å². The molecule has 2 rings (SSSR count). The molecule has 0 radical (unpaired) electrons. The zero-order valence-corrected chi connectivity index (χ0v) is 11.6. The fraction of sp³-hybridized carbons (Fsp3) is 0.267. The molecule has 20 heavy (non-hydrogen) atoms. The Morgan fingerprint density at radius 1 is 1.30 bits per heavy atom. The van der Waals surface area contributed by atoms with E-state index in [1.165, 1.54) is 4.68 Å². The summed E-state index contributed by atoms with van der Waals surface area (Å²) in [5, 5.41) is 13.0. The lowest BCUT2D eigenvalue weighted by atomic mass is 10.0. The van der Waals surface area contributed by atoms with E-state index in [1.54, 1.807) is 13.1 Å². The zero-order valence-electron chi connectivity index (χ0n) is 11.6. The molecule has 104 valence electrons. The van der Waals surface area contributed by atoms with Gasteiger partial charge in [-0.2, -0.15) is 5.10 Å². The van der Waals surface area contributed by atoms with Crippen LogP contribution in [-0.4, -0.2) is 20.9 Å². The fourth-order valence-electron chi connectivity index (χ4n) is 2.06. The van der Waals surface area contributed by atoms with E-state index in [0.717, 1.165) is 11.3 Å². The number of para-hydroxylation sites is 1. The van der Waals surface area contributed by atoms with E-state index in [1.807, 2.05) is 38.1 Å². The Morgan fingerprint density at radius 2 is 1.95 bits per heavy atom. The summed E-state index contributed by atoms with van der Waals surface area (Å²) >= 11 is 0. The summed E-state index contributed by atoms with van der Waals surface area (Å²) in [7, 11) is 0. The van der Waals surface area contributed by atoms with Crippen LogP contribution in [0.4, 0.5) is 0 Å². The second kappa shape index (κ2) is 5.28. The molecule has 0 spiro atoms. The molecular formula is C15H16N2O3. The maximum Gasteiger partial charge on any atom is 0.360 e. The number of aromatic carboxylic acids is 1. The Hall–Kier alpha value is -2.43. The maximum atomic E-state index is 11.8. The van der Waals surface area contributed by atoms with Crippen molar-refractivity contribution in [3.63, 3.8) is 0 Å². The summed E-state index contributed by atoms with van der Waals surface area (Å²) in [6.45, 7) is 5.68. The number of benzene rings is 1. The Balaban J connectivity index is 2.71. The first-order chi connectivity index (χ1) is 9.41. The third-order valence-corrected chi connectivity index (χ3v) is 3.11. The van der Waals surface area contributed by atoms with Gasteiger partial charge in [-0.25, -0.2) is 9.48 Å². The molecule has 0 aliphatic heterocycles. The lowest BCUT2D eigenvalue weighted by Gasteiger charge is -2.14. The van der Waals surface area contributed by atoms with Gasteiger partial charge in [-0.1, -0.05) is 32.0 Å². The van der Waals surface area contributed by atoms with Crippen molar-refractivity contribution < 1.29 is 9.90 Å². The lowest BCUT2D eigenvalue weighted by Crippen LogP contribution is -2.23. The van der Waals surface area contributed by atoms with Gasteiger partial charge in [0.1, 0.15) is 0 Å². The minimum absolute atomic E-state index is 0.265. The minimum Gasteiger partial charge on any atom is -0.476 e. The average molecular weight is 272 g/mol. The van der Waals surface area contributed by atoms with Gasteiger partial charge in [-0.05, 0) is 24.5 Å². The van der Waals surface area contributed by atoms with Gasteiger partial charge in [-0.3, -0.25) is 4.79 Å². The number of aryl methyl sites for hydroxylation is 1. The zero-order chi connectivity index (χ0) is 14.9. The first-order valence-electron chi connectivity index (χ1n) is 6.35. The highest BCUT2D eigenvalue weighted by Crippen LogP contribution is 2.22. The van der Waals surface area contributed by atoms with Crippen molar-refractivity contribution >= 4 is 5.97 Å². The molecule has 0 aliphatic rings. The molecule has 0 fully saturated rings. The van der Waals surface area contributed by atoms with E-state index in [4.69, 9.17) is 5.11 Å². The molecular weight excluding hydrogens is 256 g/mol. The Morgan fingerprint density at radius 3 is 2.55 bits per heavy atom. The van der Waals surface area contributed by atoms with Gasteiger partial charge in [0.2, 0.25) is 11.1 Å². The van der Waals surface area contributed by atoms with Crippen molar-refractivity contribution in [2.75, 3.05) is 0 Å². The van der Waals surface area contributed by atoms with E-state index < -0.39 is 17.1 Å². The topological polar surface area (TPSA) is 72.2 Å². The molecule has 0 aliphatic carbocycles. The smallest absolute Gasteiger partial charge is 0.360 e. The number of carboxylic acids is 1. The summed E-state index contributed by atoms with van der Waals surface area (Å²) in [6, 6.07) is 7.61. The van der Waals surface area contributed by atoms with Gasteiger partial charge in [0.25, 0.3) is 0 Å². The number of hydrogen-bond donors (Lipinski definition) is 1. The predicted molar refractivity (Wildman–Crippen MR) is 75.6 cm³/mol. The van der Waals surface area contributed by atoms with Gasteiger partial charge < -0.3 is 5.11 Å². The monoisotopic (exact) mass is 272 g/mol. The van der Waals surface area contributed by atoms with Crippen molar-refractivity contribution in [1.82, 2.24) is 9.78 Å². The summed E-state index contributed by atoms with van der Waals surface area (Å²) in [5.74, 6) is -1.05. The van der Waals surface area contributed by atoms with Crippen LogP contribution in [0, 0.1) is 6.92 Å². The predicted octanol–water partition coefficient (Wildman–Crippen LogP) is 2.36. The van der Waals surface area contributed by atoms with Crippen LogP contribution in [0.5, 0.6) is 0 Å². The fourth-order valence-corrected chi connectivity index (χ4v) is 2.06. The largest absolute Gasteiger partial charge is 0.476 e. The van der Waals surface area contributed by atoms with Crippen LogP contribution in [0.1, 0.15) is 41.4 Å². The van der Waals surface area contributed by atoms with Crippen molar-refractivity contribution in [2.24, 2.45) is 0 Å². The second-order valence-electron chi connectivity index (χ2n) is 4.95. The van der Waals surface area contributed by atoms with Crippen LogP contribution in [0.2, 0.25) is 0 Å². The quantitative estimate of drug-likeness (QED) is 0.931. The van der Waals surface area contributed by atoms with Crippen molar-refractivity contribution in [1.29, 1.82) is 0 Å². The van der Waals surface area contributed by atoms with E-state index in [2.05, 4.69) is 5.10 Å². The molecule has 0 bridgehead atoms. The summed E-state index contributed by atoms with van der Waals surface area (Å²) in [4.78, 5) is 22.9. The van der Waals surface area contributed by atoms with Crippen LogP contribution in [0.3, 0.4) is 0 Å². The highest BCUT2D eigenvalue weighted by molar-refractivity contribution is 5.85. The summed E-state index contributed by atoms with van der Waals surface area (Å²) in [6.07, 6.45) is 1.57. The SMILES string of the molecule is Cc1cn(-c2ccccc2C(C)C)nc(C(=O)O)c1=O. The summed E-state index contributed by atoms with van der Waals surface area (Å²) in [5.41, 5.74) is 1.18. The Kier molecular flexibility index (Phi) is 3.70. The standard InChI is InChI=1S/C15H16N2O3/c1-9(2)11-6-4-5-7-12(11)17-8-10(3)14(18)13(16-17)15(19)20/h4-9H,1-3H3,(H,19,20). The number of rotatable bonds is 3. The number of nitrogens with zero attached hydrogens (tertiary/aromatic N) is 2. The number of carbonyl (C=O) groups is 1. The number of hydrogen-bond acceptors (Lipinski definition) is 3. The van der Waals surface area contributed by atoms with Crippen LogP contribution in [0.15, 0.2) is 35.3 Å². The van der Waals surface area contributed by atoms with Gasteiger partial charge >= 0.3 is 5.97 Å². The molecule has 5 nitrogen and oxygen atoms in total. The molecule has 1 aromatic carbocycles. The Labute approximate surface area is 116 Å². The highest BCUT2D eigenvalue weighted by Gasteiger charge is 2.16. The first kappa shape index (κ1) is 14.0. The van der Waals surface area contributed by atoms with Gasteiger partial charge in [-0.15, -0.1) is 0 Å². The second-order valence-corrected chi connectivity index (χ2v) is 4.95. The molecule has 1 heterocycles. The van der Waals surface area contributed by atoms with E-state index in [-0.39, 0.29) is 5.92 Å². The molecule has 1 N–H and O–H groups in total. The van der Waals surface area contributed by atoms with E-state index >= 15 is 0 Å². The van der Waals surface area contributed by atoms with Gasteiger partial charge in [0.15, 0.2) is 0 Å². The van der Waals surface area contributed by atoms with E-state index in [9.17, 15) is 9.59 Å². The normalized spacial score (nSPS) is 10.8. The maximum absolute atomic E-state index is 11.8. The minimum atomic E-state index is -1.31. The van der Waals surface area contributed by atoms with Gasteiger partial charge in [0.05, 0.1) is 5.69 Å². The molecule has 0 atom stereocenters. The molecule has 2 aromatic rings. The average Bonchev–Trinajstić information content (AvgIpc) is 2.41. The van der Waals surface area contributed by atoms with Crippen molar-refractivity contribution in [2.45, 2.75) is 26.7 Å². The van der Waals surface area contributed by atoms with Crippen LogP contribution in [-0.2, 0) is 0 Å². The van der Waals surface area contributed by atoms with E-state index in [0.29, 0.717) is 5.56 Å². The third kappa shape index (κ3) is 2.47. The lowest BCUT2D eigenvalue weighted by molar-refractivity contribution is 0.0686. The molecule has 0 amide bonds. The third-order valence-electron chi connectivity index (χ3n) is 3.11. The van der Waals surface area contributed by atoms with Crippen LogP contribution >= 0.6 is 0 Å². The van der Waals surface area contributed by atoms with Crippen molar-refractivity contribution in [3.05, 3.63) is 57.5 Å². The van der Waals surface area contributed by atoms with Gasteiger partial charge in [0, 0.05) is 11.8 Å². The highest BCUT2D eigenvalue weighted by atomic mass is 16.4. The molecule has 0 saturated carbocycles. The first-order valence-corrected chi connectivity index (χ1v) is 6.35. The summed E-state index contributed by atoms with van der Waals surface area (Å²) < 4.78 is 1.47.